The van der Waals surface area contributed by atoms with Crippen LogP contribution in [0.25, 0.3) is 0 Å². The van der Waals surface area contributed by atoms with Crippen molar-refractivity contribution in [2.24, 2.45) is 12.8 Å². The van der Waals surface area contributed by atoms with Gasteiger partial charge in [-0.25, -0.2) is 9.67 Å². The Kier molecular flexibility index (Phi) is 2.87. The van der Waals surface area contributed by atoms with Crippen LogP contribution in [0.5, 0.6) is 11.8 Å². The van der Waals surface area contributed by atoms with E-state index in [-0.39, 0.29) is 0 Å². The van der Waals surface area contributed by atoms with E-state index in [0.29, 0.717) is 18.3 Å². The van der Waals surface area contributed by atoms with Gasteiger partial charge < -0.3 is 10.5 Å². The van der Waals surface area contributed by atoms with Gasteiger partial charge in [-0.15, -0.1) is 0 Å². The van der Waals surface area contributed by atoms with Gasteiger partial charge in [0.1, 0.15) is 0 Å². The molecule has 5 heteroatoms. The number of ether oxygens (including phenoxy) is 1. The molecule has 2 aromatic heterocycles. The van der Waals surface area contributed by atoms with Crippen LogP contribution in [-0.2, 0) is 13.6 Å². The van der Waals surface area contributed by atoms with E-state index in [1.54, 1.807) is 10.7 Å². The molecule has 0 spiro atoms. The number of nitrogens with two attached hydrogens (primary N) is 1. The van der Waals surface area contributed by atoms with Crippen LogP contribution in [0.1, 0.15) is 11.4 Å². The zero-order chi connectivity index (χ0) is 11.5. The highest BCUT2D eigenvalue weighted by Gasteiger charge is 2.05. The molecular formula is C11H14N4O. The maximum atomic E-state index is 5.61. The summed E-state index contributed by atoms with van der Waals surface area (Å²) >= 11 is 0. The predicted octanol–water partition coefficient (Wildman–Crippen LogP) is 1.37. The zero-order valence-corrected chi connectivity index (χ0v) is 9.34. The summed E-state index contributed by atoms with van der Waals surface area (Å²) in [5.74, 6) is 1.20. The lowest BCUT2D eigenvalue weighted by atomic mass is 10.3. The summed E-state index contributed by atoms with van der Waals surface area (Å²) in [4.78, 5) is 4.25. The maximum Gasteiger partial charge on any atom is 0.221 e. The second-order valence-corrected chi connectivity index (χ2v) is 3.52. The van der Waals surface area contributed by atoms with Gasteiger partial charge in [0, 0.05) is 25.7 Å². The summed E-state index contributed by atoms with van der Waals surface area (Å²) in [5.41, 5.74) is 7.22. The lowest BCUT2D eigenvalue weighted by molar-refractivity contribution is 0.414. The molecule has 5 nitrogen and oxygen atoms in total. The minimum Gasteiger partial charge on any atom is -0.421 e. The molecule has 0 saturated carbocycles. The SMILES string of the molecule is Cc1cc(Oc2cccc(CN)n2)n(C)n1. The molecule has 0 unspecified atom stereocenters. The molecule has 84 valence electrons. The van der Waals surface area contributed by atoms with Crippen molar-refractivity contribution >= 4 is 0 Å². The summed E-state index contributed by atoms with van der Waals surface area (Å²) in [6, 6.07) is 7.38. The van der Waals surface area contributed by atoms with E-state index >= 15 is 0 Å². The van der Waals surface area contributed by atoms with Crippen LogP contribution in [0, 0.1) is 6.92 Å². The average Bonchev–Trinajstić information content (AvgIpc) is 2.58. The van der Waals surface area contributed by atoms with Crippen LogP contribution in [0.3, 0.4) is 0 Å². The number of pyridine rings is 1. The summed E-state index contributed by atoms with van der Waals surface area (Å²) in [6.07, 6.45) is 0. The average molecular weight is 218 g/mol. The van der Waals surface area contributed by atoms with Gasteiger partial charge in [0.2, 0.25) is 11.8 Å². The monoisotopic (exact) mass is 218 g/mol. The highest BCUT2D eigenvalue weighted by atomic mass is 16.5. The van der Waals surface area contributed by atoms with Crippen LogP contribution in [0.4, 0.5) is 0 Å². The van der Waals surface area contributed by atoms with E-state index in [0.717, 1.165) is 11.4 Å². The van der Waals surface area contributed by atoms with Gasteiger partial charge in [0.05, 0.1) is 11.4 Å². The Hall–Kier alpha value is -1.88. The molecule has 2 N–H and O–H groups in total. The molecule has 2 rings (SSSR count). The number of nitrogens with zero attached hydrogens (tertiary/aromatic N) is 3. The van der Waals surface area contributed by atoms with Crippen molar-refractivity contribution < 1.29 is 4.74 Å². The molecule has 0 aliphatic rings. The molecule has 0 aliphatic carbocycles. The van der Waals surface area contributed by atoms with Crippen molar-refractivity contribution in [2.45, 2.75) is 13.5 Å². The minimum absolute atomic E-state index is 0.404. The van der Waals surface area contributed by atoms with Crippen LogP contribution < -0.4 is 10.5 Å². The number of aromatic nitrogens is 3. The second kappa shape index (κ2) is 4.32. The third kappa shape index (κ3) is 2.20. The van der Waals surface area contributed by atoms with Gasteiger partial charge in [-0.3, -0.25) is 0 Å². The molecule has 0 fully saturated rings. The molecular weight excluding hydrogens is 204 g/mol. The fraction of sp³-hybridized carbons (Fsp3) is 0.273. The van der Waals surface area contributed by atoms with E-state index in [4.69, 9.17) is 10.5 Å². The third-order valence-electron chi connectivity index (χ3n) is 2.16. The Balaban J connectivity index is 2.23. The Morgan fingerprint density at radius 1 is 1.44 bits per heavy atom. The van der Waals surface area contributed by atoms with Gasteiger partial charge >= 0.3 is 0 Å². The molecule has 0 aliphatic heterocycles. The smallest absolute Gasteiger partial charge is 0.221 e. The first kappa shape index (κ1) is 10.6. The van der Waals surface area contributed by atoms with E-state index in [1.807, 2.05) is 32.2 Å². The standard InChI is InChI=1S/C11H14N4O/c1-8-6-11(15(2)14-8)16-10-5-3-4-9(7-12)13-10/h3-6H,7,12H2,1-2H3. The Morgan fingerprint density at radius 2 is 2.25 bits per heavy atom. The lowest BCUT2D eigenvalue weighted by Crippen LogP contribution is -2.01. The normalized spacial score (nSPS) is 10.4. The Labute approximate surface area is 93.9 Å². The van der Waals surface area contributed by atoms with Crippen LogP contribution in [-0.4, -0.2) is 14.8 Å². The van der Waals surface area contributed by atoms with Crippen LogP contribution >= 0.6 is 0 Å². The fourth-order valence-corrected chi connectivity index (χ4v) is 1.42. The molecule has 0 atom stereocenters. The first-order chi connectivity index (χ1) is 7.69. The quantitative estimate of drug-likeness (QED) is 0.845. The molecule has 2 aromatic rings. The highest BCUT2D eigenvalue weighted by Crippen LogP contribution is 2.19. The third-order valence-corrected chi connectivity index (χ3v) is 2.16. The number of rotatable bonds is 3. The molecule has 0 amide bonds. The van der Waals surface area contributed by atoms with Crippen molar-refractivity contribution in [2.75, 3.05) is 0 Å². The summed E-state index contributed by atoms with van der Waals surface area (Å²) in [6.45, 7) is 2.32. The minimum atomic E-state index is 0.404. The largest absolute Gasteiger partial charge is 0.421 e. The van der Waals surface area contributed by atoms with E-state index in [2.05, 4.69) is 10.1 Å². The van der Waals surface area contributed by atoms with Crippen molar-refractivity contribution in [3.05, 3.63) is 35.7 Å². The fourth-order valence-electron chi connectivity index (χ4n) is 1.42. The summed E-state index contributed by atoms with van der Waals surface area (Å²) in [7, 11) is 1.83. The van der Waals surface area contributed by atoms with Crippen molar-refractivity contribution in [3.8, 4) is 11.8 Å². The predicted molar refractivity (Wildman–Crippen MR) is 60.1 cm³/mol. The molecule has 16 heavy (non-hydrogen) atoms. The van der Waals surface area contributed by atoms with Gasteiger partial charge in [-0.2, -0.15) is 5.10 Å². The van der Waals surface area contributed by atoms with Gasteiger partial charge in [-0.05, 0) is 13.0 Å². The van der Waals surface area contributed by atoms with Crippen molar-refractivity contribution in [3.63, 3.8) is 0 Å². The maximum absolute atomic E-state index is 5.61. The van der Waals surface area contributed by atoms with Crippen molar-refractivity contribution in [1.82, 2.24) is 14.8 Å². The highest BCUT2D eigenvalue weighted by molar-refractivity contribution is 5.23. The number of aryl methyl sites for hydroxylation is 2. The number of hydrogen-bond donors (Lipinski definition) is 1. The molecule has 0 bridgehead atoms. The summed E-state index contributed by atoms with van der Waals surface area (Å²) < 4.78 is 7.28. The summed E-state index contributed by atoms with van der Waals surface area (Å²) in [5, 5.41) is 4.19. The molecule has 2 heterocycles. The van der Waals surface area contributed by atoms with E-state index in [1.165, 1.54) is 0 Å². The lowest BCUT2D eigenvalue weighted by Gasteiger charge is -2.05. The first-order valence-electron chi connectivity index (χ1n) is 5.03. The van der Waals surface area contributed by atoms with E-state index < -0.39 is 0 Å². The topological polar surface area (TPSA) is 66.0 Å². The van der Waals surface area contributed by atoms with Crippen LogP contribution in [0.2, 0.25) is 0 Å². The van der Waals surface area contributed by atoms with Crippen molar-refractivity contribution in [1.29, 1.82) is 0 Å². The Bertz CT molecular complexity index is 492. The van der Waals surface area contributed by atoms with E-state index in [9.17, 15) is 0 Å². The van der Waals surface area contributed by atoms with Gasteiger partial charge in [-0.1, -0.05) is 6.07 Å². The van der Waals surface area contributed by atoms with Crippen LogP contribution in [0.15, 0.2) is 24.3 Å². The second-order valence-electron chi connectivity index (χ2n) is 3.52. The first-order valence-corrected chi connectivity index (χ1v) is 5.03. The molecule has 0 saturated heterocycles. The molecule has 0 aromatic carbocycles. The van der Waals surface area contributed by atoms with Gasteiger partial charge in [0.15, 0.2) is 0 Å². The Morgan fingerprint density at radius 3 is 2.88 bits per heavy atom. The van der Waals surface area contributed by atoms with Gasteiger partial charge in [0.25, 0.3) is 0 Å². The zero-order valence-electron chi connectivity index (χ0n) is 9.34. The number of hydrogen-bond acceptors (Lipinski definition) is 4. The molecule has 0 radical (unpaired) electrons.